The van der Waals surface area contributed by atoms with E-state index < -0.39 is 0 Å². The average molecular weight is 244 g/mol. The minimum Gasteiger partial charge on any atom is -0.454 e. The second-order valence-electron chi connectivity index (χ2n) is 4.07. The summed E-state index contributed by atoms with van der Waals surface area (Å²) in [7, 11) is 0. The predicted molar refractivity (Wildman–Crippen MR) is 65.8 cm³/mol. The van der Waals surface area contributed by atoms with Gasteiger partial charge >= 0.3 is 0 Å². The Hall–Kier alpha value is -2.30. The van der Waals surface area contributed by atoms with Crippen LogP contribution >= 0.6 is 0 Å². The Morgan fingerprint density at radius 2 is 2.06 bits per heavy atom. The Bertz CT molecular complexity index is 617. The highest BCUT2D eigenvalue weighted by Crippen LogP contribution is 2.32. The van der Waals surface area contributed by atoms with Crippen LogP contribution < -0.4 is 9.47 Å². The molecule has 0 aliphatic carbocycles. The van der Waals surface area contributed by atoms with E-state index in [0.29, 0.717) is 5.88 Å². The highest BCUT2D eigenvalue weighted by molar-refractivity contribution is 5.82. The zero-order chi connectivity index (χ0) is 12.5. The number of fused-ring (bicyclic) bond motifs is 1. The number of hydrogen-bond donors (Lipinski definition) is 0. The minimum atomic E-state index is 0.274. The van der Waals surface area contributed by atoms with Crippen molar-refractivity contribution in [2.24, 2.45) is 4.99 Å². The molecule has 2 heterocycles. The zero-order valence-electron chi connectivity index (χ0n) is 10.1. The molecule has 0 N–H and O–H groups in total. The first-order valence-electron chi connectivity index (χ1n) is 5.60. The largest absolute Gasteiger partial charge is 0.454 e. The second kappa shape index (κ2) is 4.18. The van der Waals surface area contributed by atoms with Gasteiger partial charge in [0.25, 0.3) is 5.88 Å². The number of nitrogens with zero attached hydrogens (tertiary/aromatic N) is 2. The molecule has 0 spiro atoms. The quantitative estimate of drug-likeness (QED) is 0.762. The van der Waals surface area contributed by atoms with Crippen molar-refractivity contribution >= 4 is 12.1 Å². The van der Waals surface area contributed by atoms with E-state index in [1.54, 1.807) is 6.21 Å². The lowest BCUT2D eigenvalue weighted by molar-refractivity contribution is 0.174. The number of aromatic nitrogens is 1. The highest BCUT2D eigenvalue weighted by atomic mass is 16.7. The van der Waals surface area contributed by atoms with Crippen LogP contribution in [0.2, 0.25) is 0 Å². The molecule has 3 rings (SSSR count). The Balaban J connectivity index is 1.86. The number of rotatable bonds is 2. The van der Waals surface area contributed by atoms with Gasteiger partial charge < -0.3 is 14.0 Å². The molecular formula is C13H12N2O3. The third-order valence-electron chi connectivity index (χ3n) is 2.86. The van der Waals surface area contributed by atoms with Crippen molar-refractivity contribution in [1.82, 2.24) is 5.16 Å². The maximum atomic E-state index is 5.30. The lowest BCUT2D eigenvalue weighted by Crippen LogP contribution is -1.92. The van der Waals surface area contributed by atoms with Gasteiger partial charge in [0.15, 0.2) is 11.5 Å². The summed E-state index contributed by atoms with van der Waals surface area (Å²) in [5.74, 6) is 2.04. The Labute approximate surface area is 104 Å². The Morgan fingerprint density at radius 3 is 2.83 bits per heavy atom. The van der Waals surface area contributed by atoms with Crippen molar-refractivity contribution < 1.29 is 14.0 Å². The van der Waals surface area contributed by atoms with Crippen LogP contribution in [-0.4, -0.2) is 18.2 Å². The van der Waals surface area contributed by atoms with E-state index in [4.69, 9.17) is 14.0 Å². The molecule has 5 nitrogen and oxygen atoms in total. The van der Waals surface area contributed by atoms with Crippen LogP contribution in [0.15, 0.2) is 27.7 Å². The molecule has 1 aliphatic heterocycles. The van der Waals surface area contributed by atoms with Gasteiger partial charge in [-0.05, 0) is 37.6 Å². The Kier molecular flexibility index (Phi) is 2.51. The van der Waals surface area contributed by atoms with Crippen molar-refractivity contribution in [3.8, 4) is 11.5 Å². The normalized spacial score (nSPS) is 13.4. The van der Waals surface area contributed by atoms with Crippen LogP contribution in [0.3, 0.4) is 0 Å². The molecule has 1 aliphatic rings. The van der Waals surface area contributed by atoms with E-state index >= 15 is 0 Å². The zero-order valence-corrected chi connectivity index (χ0v) is 10.1. The summed E-state index contributed by atoms with van der Waals surface area (Å²) in [6.45, 7) is 4.09. The lowest BCUT2D eigenvalue weighted by Gasteiger charge is -1.96. The van der Waals surface area contributed by atoms with E-state index in [9.17, 15) is 0 Å². The SMILES string of the molecule is Cc1noc(N=Cc2ccc3c(c2)OCO3)c1C. The molecule has 1 aromatic carbocycles. The molecule has 0 saturated carbocycles. The fourth-order valence-corrected chi connectivity index (χ4v) is 1.65. The van der Waals surface area contributed by atoms with Gasteiger partial charge in [-0.25, -0.2) is 4.99 Å². The van der Waals surface area contributed by atoms with Gasteiger partial charge in [0.05, 0.1) is 5.69 Å². The average Bonchev–Trinajstić information content (AvgIpc) is 2.96. The van der Waals surface area contributed by atoms with Crippen LogP contribution in [0.25, 0.3) is 0 Å². The topological polar surface area (TPSA) is 56.9 Å². The number of hydrogen-bond acceptors (Lipinski definition) is 5. The van der Waals surface area contributed by atoms with Gasteiger partial charge in [0, 0.05) is 11.8 Å². The predicted octanol–water partition coefficient (Wildman–Crippen LogP) is 2.77. The molecule has 1 aromatic heterocycles. The molecule has 0 amide bonds. The van der Waals surface area contributed by atoms with E-state index in [0.717, 1.165) is 28.3 Å². The molecule has 0 atom stereocenters. The number of benzene rings is 1. The molecule has 2 aromatic rings. The number of aryl methyl sites for hydroxylation is 1. The van der Waals surface area contributed by atoms with E-state index in [1.807, 2.05) is 32.0 Å². The second-order valence-corrected chi connectivity index (χ2v) is 4.07. The van der Waals surface area contributed by atoms with Crippen LogP contribution in [0.5, 0.6) is 11.5 Å². The van der Waals surface area contributed by atoms with Crippen molar-refractivity contribution in [2.45, 2.75) is 13.8 Å². The minimum absolute atomic E-state index is 0.274. The summed E-state index contributed by atoms with van der Waals surface area (Å²) in [6, 6.07) is 5.65. The summed E-state index contributed by atoms with van der Waals surface area (Å²) < 4.78 is 15.6. The highest BCUT2D eigenvalue weighted by Gasteiger charge is 2.12. The summed E-state index contributed by atoms with van der Waals surface area (Å²) in [6.07, 6.45) is 1.72. The molecule has 0 saturated heterocycles. The van der Waals surface area contributed by atoms with Crippen LogP contribution in [0, 0.1) is 13.8 Å². The third kappa shape index (κ3) is 1.84. The van der Waals surface area contributed by atoms with Gasteiger partial charge in [-0.15, -0.1) is 0 Å². The molecule has 18 heavy (non-hydrogen) atoms. The number of ether oxygens (including phenoxy) is 2. The lowest BCUT2D eigenvalue weighted by atomic mass is 10.2. The standard InChI is InChI=1S/C13H12N2O3/c1-8-9(2)15-18-13(8)14-6-10-3-4-11-12(5-10)17-7-16-11/h3-6H,7H2,1-2H3. The van der Waals surface area contributed by atoms with E-state index in [-0.39, 0.29) is 6.79 Å². The smallest absolute Gasteiger partial charge is 0.253 e. The van der Waals surface area contributed by atoms with Crippen LogP contribution in [0.4, 0.5) is 5.88 Å². The maximum absolute atomic E-state index is 5.30. The molecule has 5 heteroatoms. The first-order valence-corrected chi connectivity index (χ1v) is 5.60. The van der Waals surface area contributed by atoms with E-state index in [1.165, 1.54) is 0 Å². The summed E-state index contributed by atoms with van der Waals surface area (Å²) >= 11 is 0. The monoisotopic (exact) mass is 244 g/mol. The number of aliphatic imine (C=N–C) groups is 1. The van der Waals surface area contributed by atoms with Gasteiger partial charge in [0.2, 0.25) is 6.79 Å². The van der Waals surface area contributed by atoms with Crippen LogP contribution in [0.1, 0.15) is 16.8 Å². The van der Waals surface area contributed by atoms with Gasteiger partial charge in [-0.1, -0.05) is 5.16 Å². The molecular weight excluding hydrogens is 232 g/mol. The van der Waals surface area contributed by atoms with E-state index in [2.05, 4.69) is 10.1 Å². The van der Waals surface area contributed by atoms with Crippen molar-refractivity contribution in [1.29, 1.82) is 0 Å². The first-order chi connectivity index (χ1) is 8.74. The maximum Gasteiger partial charge on any atom is 0.253 e. The van der Waals surface area contributed by atoms with Crippen molar-refractivity contribution in [3.63, 3.8) is 0 Å². The van der Waals surface area contributed by atoms with Crippen molar-refractivity contribution in [2.75, 3.05) is 6.79 Å². The third-order valence-corrected chi connectivity index (χ3v) is 2.86. The fourth-order valence-electron chi connectivity index (χ4n) is 1.65. The fraction of sp³-hybridized carbons (Fsp3) is 0.231. The Morgan fingerprint density at radius 1 is 1.22 bits per heavy atom. The van der Waals surface area contributed by atoms with Gasteiger partial charge in [0.1, 0.15) is 0 Å². The first kappa shape index (κ1) is 10.8. The molecule has 0 fully saturated rings. The molecule has 92 valence electrons. The van der Waals surface area contributed by atoms with Gasteiger partial charge in [-0.3, -0.25) is 0 Å². The summed E-state index contributed by atoms with van der Waals surface area (Å²) in [4.78, 5) is 4.27. The molecule has 0 radical (unpaired) electrons. The summed E-state index contributed by atoms with van der Waals surface area (Å²) in [5.41, 5.74) is 2.73. The van der Waals surface area contributed by atoms with Gasteiger partial charge in [-0.2, -0.15) is 0 Å². The molecule has 0 unspecified atom stereocenters. The van der Waals surface area contributed by atoms with Crippen molar-refractivity contribution in [3.05, 3.63) is 35.0 Å². The molecule has 0 bridgehead atoms. The summed E-state index contributed by atoms with van der Waals surface area (Å²) in [5, 5.41) is 3.85. The van der Waals surface area contributed by atoms with Crippen LogP contribution in [-0.2, 0) is 0 Å².